The number of guanidine groups is 1. The average Bonchev–Trinajstić information content (AvgIpc) is 3.01. The topological polar surface area (TPSA) is 42.9 Å². The fraction of sp³-hybridized carbons (Fsp3) is 0.950. The standard InChI is InChI=1S/C20H43N5.HI/c1-7-24(8-2)13-9-11-18(5)23-20(21-6)22-15-19-12-10-14-25(19)16-17(3)4;/h17-19H,7-16H2,1-6H3,(H2,21,22,23);1H/t18?,19-;/m1./s1. The Hall–Kier alpha value is -0.0800. The Balaban J connectivity index is 0.00000625. The van der Waals surface area contributed by atoms with E-state index >= 15 is 0 Å². The van der Waals surface area contributed by atoms with Gasteiger partial charge in [-0.15, -0.1) is 24.0 Å². The van der Waals surface area contributed by atoms with Crippen LogP contribution >= 0.6 is 24.0 Å². The van der Waals surface area contributed by atoms with E-state index in [1.165, 1.54) is 45.3 Å². The summed E-state index contributed by atoms with van der Waals surface area (Å²) in [6, 6.07) is 1.11. The molecule has 1 unspecified atom stereocenters. The van der Waals surface area contributed by atoms with E-state index in [-0.39, 0.29) is 24.0 Å². The van der Waals surface area contributed by atoms with E-state index in [1.54, 1.807) is 0 Å². The van der Waals surface area contributed by atoms with Crippen LogP contribution in [0.2, 0.25) is 0 Å². The molecule has 0 spiro atoms. The van der Waals surface area contributed by atoms with Gasteiger partial charge in [-0.05, 0) is 64.7 Å². The summed E-state index contributed by atoms with van der Waals surface area (Å²) < 4.78 is 0. The van der Waals surface area contributed by atoms with E-state index in [0.29, 0.717) is 12.1 Å². The van der Waals surface area contributed by atoms with Gasteiger partial charge in [-0.1, -0.05) is 27.7 Å². The molecular formula is C20H44IN5. The number of hydrogen-bond donors (Lipinski definition) is 2. The van der Waals surface area contributed by atoms with Crippen molar-refractivity contribution in [3.63, 3.8) is 0 Å². The molecule has 0 saturated carbocycles. The maximum Gasteiger partial charge on any atom is 0.191 e. The molecule has 1 fully saturated rings. The Bertz CT molecular complexity index is 371. The van der Waals surface area contributed by atoms with Gasteiger partial charge in [0.25, 0.3) is 0 Å². The molecule has 1 aliphatic rings. The Kier molecular flexibility index (Phi) is 14.9. The summed E-state index contributed by atoms with van der Waals surface area (Å²) in [5.74, 6) is 1.69. The molecule has 0 radical (unpaired) electrons. The van der Waals surface area contributed by atoms with Crippen molar-refractivity contribution in [2.75, 3.05) is 46.3 Å². The van der Waals surface area contributed by atoms with Crippen molar-refractivity contribution in [2.24, 2.45) is 10.9 Å². The first-order valence-corrected chi connectivity index (χ1v) is 10.4. The highest BCUT2D eigenvalue weighted by Crippen LogP contribution is 2.17. The van der Waals surface area contributed by atoms with Gasteiger partial charge in [0, 0.05) is 32.2 Å². The van der Waals surface area contributed by atoms with Crippen LogP contribution in [0.5, 0.6) is 0 Å². The van der Waals surface area contributed by atoms with Crippen LogP contribution in [0.1, 0.15) is 60.3 Å². The number of likely N-dealkylation sites (tertiary alicyclic amines) is 1. The summed E-state index contributed by atoms with van der Waals surface area (Å²) in [6.07, 6.45) is 5.04. The lowest BCUT2D eigenvalue weighted by Crippen LogP contribution is -2.47. The molecule has 1 heterocycles. The first-order chi connectivity index (χ1) is 12.0. The van der Waals surface area contributed by atoms with E-state index in [9.17, 15) is 0 Å². The molecule has 0 amide bonds. The Morgan fingerprint density at radius 2 is 1.92 bits per heavy atom. The minimum Gasteiger partial charge on any atom is -0.355 e. The van der Waals surface area contributed by atoms with Gasteiger partial charge in [0.05, 0.1) is 0 Å². The number of aliphatic imine (C=N–C) groups is 1. The van der Waals surface area contributed by atoms with Gasteiger partial charge < -0.3 is 15.5 Å². The van der Waals surface area contributed by atoms with Crippen molar-refractivity contribution in [3.05, 3.63) is 0 Å². The molecular weight excluding hydrogens is 437 g/mol. The predicted molar refractivity (Wildman–Crippen MR) is 126 cm³/mol. The lowest BCUT2D eigenvalue weighted by atomic mass is 10.1. The largest absolute Gasteiger partial charge is 0.355 e. The fourth-order valence-corrected chi connectivity index (χ4v) is 3.71. The third-order valence-corrected chi connectivity index (χ3v) is 5.22. The predicted octanol–water partition coefficient (Wildman–Crippen LogP) is 3.40. The molecule has 2 atom stereocenters. The third-order valence-electron chi connectivity index (χ3n) is 5.22. The second-order valence-electron chi connectivity index (χ2n) is 7.85. The van der Waals surface area contributed by atoms with Crippen molar-refractivity contribution in [1.82, 2.24) is 20.4 Å². The van der Waals surface area contributed by atoms with E-state index in [0.717, 1.165) is 31.5 Å². The second kappa shape index (κ2) is 14.9. The Morgan fingerprint density at radius 1 is 1.23 bits per heavy atom. The molecule has 5 nitrogen and oxygen atoms in total. The third kappa shape index (κ3) is 10.3. The van der Waals surface area contributed by atoms with Crippen molar-refractivity contribution in [3.8, 4) is 0 Å². The van der Waals surface area contributed by atoms with Crippen LogP contribution in [0, 0.1) is 5.92 Å². The highest BCUT2D eigenvalue weighted by Gasteiger charge is 2.24. The van der Waals surface area contributed by atoms with Crippen LogP contribution < -0.4 is 10.6 Å². The molecule has 6 heteroatoms. The molecule has 0 aromatic heterocycles. The van der Waals surface area contributed by atoms with Gasteiger partial charge in [0.15, 0.2) is 5.96 Å². The molecule has 0 aromatic rings. The van der Waals surface area contributed by atoms with E-state index in [1.807, 2.05) is 7.05 Å². The molecule has 26 heavy (non-hydrogen) atoms. The van der Waals surface area contributed by atoms with Gasteiger partial charge in [-0.3, -0.25) is 9.89 Å². The summed E-state index contributed by atoms with van der Waals surface area (Å²) in [5.41, 5.74) is 0. The molecule has 156 valence electrons. The molecule has 1 aliphatic heterocycles. The normalized spacial score (nSPS) is 19.7. The monoisotopic (exact) mass is 481 g/mol. The molecule has 1 saturated heterocycles. The number of nitrogens with one attached hydrogen (secondary N) is 2. The maximum absolute atomic E-state index is 4.42. The molecule has 2 N–H and O–H groups in total. The van der Waals surface area contributed by atoms with Gasteiger partial charge in [-0.2, -0.15) is 0 Å². The highest BCUT2D eigenvalue weighted by atomic mass is 127. The summed E-state index contributed by atoms with van der Waals surface area (Å²) in [5, 5.41) is 7.11. The molecule has 0 aliphatic carbocycles. The van der Waals surface area contributed by atoms with Crippen LogP contribution in [0.4, 0.5) is 0 Å². The van der Waals surface area contributed by atoms with E-state index < -0.39 is 0 Å². The lowest BCUT2D eigenvalue weighted by molar-refractivity contribution is 0.226. The van der Waals surface area contributed by atoms with Crippen LogP contribution in [0.25, 0.3) is 0 Å². The summed E-state index contributed by atoms with van der Waals surface area (Å²) >= 11 is 0. The number of halogens is 1. The van der Waals surface area contributed by atoms with Crippen LogP contribution in [0.3, 0.4) is 0 Å². The van der Waals surface area contributed by atoms with E-state index in [2.05, 4.69) is 60.0 Å². The Labute approximate surface area is 179 Å². The smallest absolute Gasteiger partial charge is 0.191 e. The first-order valence-electron chi connectivity index (χ1n) is 10.4. The lowest BCUT2D eigenvalue weighted by Gasteiger charge is -2.27. The van der Waals surface area contributed by atoms with Gasteiger partial charge in [0.1, 0.15) is 0 Å². The van der Waals surface area contributed by atoms with Crippen LogP contribution in [-0.2, 0) is 0 Å². The summed E-state index contributed by atoms with van der Waals surface area (Å²) in [7, 11) is 1.87. The van der Waals surface area contributed by atoms with Gasteiger partial charge in [-0.25, -0.2) is 0 Å². The zero-order valence-electron chi connectivity index (χ0n) is 18.1. The van der Waals surface area contributed by atoms with Gasteiger partial charge >= 0.3 is 0 Å². The first kappa shape index (κ1) is 25.9. The molecule has 1 rings (SSSR count). The highest BCUT2D eigenvalue weighted by molar-refractivity contribution is 14.0. The molecule has 0 aromatic carbocycles. The van der Waals surface area contributed by atoms with Crippen molar-refractivity contribution in [1.29, 1.82) is 0 Å². The van der Waals surface area contributed by atoms with Crippen molar-refractivity contribution >= 4 is 29.9 Å². The Morgan fingerprint density at radius 3 is 2.50 bits per heavy atom. The number of hydrogen-bond acceptors (Lipinski definition) is 3. The van der Waals surface area contributed by atoms with E-state index in [4.69, 9.17) is 0 Å². The average molecular weight is 482 g/mol. The van der Waals surface area contributed by atoms with Crippen LogP contribution in [-0.4, -0.2) is 74.2 Å². The number of rotatable bonds is 11. The SMILES string of the molecule is CCN(CC)CCCC(C)NC(=NC)NC[C@H]1CCCN1CC(C)C.I. The van der Waals surface area contributed by atoms with Gasteiger partial charge in [0.2, 0.25) is 0 Å². The van der Waals surface area contributed by atoms with Crippen molar-refractivity contribution in [2.45, 2.75) is 72.4 Å². The number of nitrogens with zero attached hydrogens (tertiary/aromatic N) is 3. The fourth-order valence-electron chi connectivity index (χ4n) is 3.71. The summed E-state index contributed by atoms with van der Waals surface area (Å²) in [4.78, 5) is 9.54. The minimum atomic E-state index is 0. The zero-order chi connectivity index (χ0) is 18.7. The quantitative estimate of drug-likeness (QED) is 0.270. The minimum absolute atomic E-state index is 0. The maximum atomic E-state index is 4.42. The second-order valence-corrected chi connectivity index (χ2v) is 7.85. The molecule has 0 bridgehead atoms. The summed E-state index contributed by atoms with van der Waals surface area (Å²) in [6.45, 7) is 18.3. The van der Waals surface area contributed by atoms with Crippen LogP contribution in [0.15, 0.2) is 4.99 Å². The zero-order valence-corrected chi connectivity index (χ0v) is 20.4. The van der Waals surface area contributed by atoms with Crippen molar-refractivity contribution < 1.29 is 0 Å².